The van der Waals surface area contributed by atoms with Gasteiger partial charge in [-0.2, -0.15) is 0 Å². The number of hydrogen-bond donors (Lipinski definition) is 0. The zero-order valence-electron chi connectivity index (χ0n) is 26.7. The van der Waals surface area contributed by atoms with Gasteiger partial charge in [0.05, 0.1) is 0 Å². The minimum absolute atomic E-state index is 0. The van der Waals surface area contributed by atoms with Crippen LogP contribution in [0.15, 0.2) is 109 Å². The molecule has 6 rings (SSSR count). The van der Waals surface area contributed by atoms with E-state index >= 15 is 0 Å². The van der Waals surface area contributed by atoms with Gasteiger partial charge in [-0.15, -0.1) is 0 Å². The molecule has 0 saturated heterocycles. The number of halogens is 2. The second kappa shape index (κ2) is 15.3. The molecule has 0 fully saturated rings. The molecule has 0 spiro atoms. The van der Waals surface area contributed by atoms with Crippen LogP contribution in [0.3, 0.4) is 0 Å². The van der Waals surface area contributed by atoms with E-state index in [1.165, 1.54) is 45.4 Å². The van der Waals surface area contributed by atoms with E-state index in [-0.39, 0.29) is 24.8 Å². The van der Waals surface area contributed by atoms with Gasteiger partial charge in [-0.1, -0.05) is 0 Å². The van der Waals surface area contributed by atoms with Crippen molar-refractivity contribution in [3.63, 3.8) is 0 Å². The number of allylic oxidation sites excluding steroid dienone is 4. The van der Waals surface area contributed by atoms with Crippen molar-refractivity contribution in [1.82, 2.24) is 0 Å². The molecule has 0 amide bonds. The van der Waals surface area contributed by atoms with E-state index in [1.54, 1.807) is 14.4 Å². The third-order valence-electron chi connectivity index (χ3n) is 9.71. The molecule has 2 aliphatic rings. The molecule has 3 heteroatoms. The van der Waals surface area contributed by atoms with E-state index in [4.69, 9.17) is 0 Å². The first kappa shape index (κ1) is 34.6. The van der Waals surface area contributed by atoms with Crippen LogP contribution in [0.5, 0.6) is 0 Å². The molecular weight excluding hydrogens is 655 g/mol. The molecule has 1 unspecified atom stereocenters. The quantitative estimate of drug-likeness (QED) is 0.221. The van der Waals surface area contributed by atoms with Gasteiger partial charge in [-0.25, -0.2) is 0 Å². The average Bonchev–Trinajstić information content (AvgIpc) is 3.64. The van der Waals surface area contributed by atoms with Crippen molar-refractivity contribution in [1.29, 1.82) is 0 Å². The van der Waals surface area contributed by atoms with E-state index in [1.807, 2.05) is 3.21 Å². The Hall–Kier alpha value is -2.31. The normalized spacial score (nSPS) is 13.5. The number of aryl methyl sites for hydroxylation is 2. The summed E-state index contributed by atoms with van der Waals surface area (Å²) in [7, 11) is 0. The third kappa shape index (κ3) is 7.39. The monoisotopic (exact) mass is 696 g/mol. The standard InChI is InChI=1S/C21H25.C15H14.C5H5.2ClH.Zr/c1-13(2)14(3)8-17-6-7-20-19(11-17)12-18-9-15(4)16(5)10-21(18)20;1-3-8-14(9-4-1)12-7-13-15-10-5-2-6-11-15;1-2-4-5-3-1;;;/h6-7,9-10,13-14H,8,12H2,1-5H3;1-6,8-11H,12-13H2;1-5H;2*1H;/q;;;;;+2/p-2. The number of hydrogen-bond acceptors (Lipinski definition) is 0. The molecule has 4 aromatic rings. The van der Waals surface area contributed by atoms with Gasteiger partial charge in [-0.3, -0.25) is 0 Å². The summed E-state index contributed by atoms with van der Waals surface area (Å²) in [6.45, 7) is 11.8. The van der Waals surface area contributed by atoms with E-state index in [2.05, 4.69) is 144 Å². The van der Waals surface area contributed by atoms with Gasteiger partial charge in [0.25, 0.3) is 0 Å². The zero-order chi connectivity index (χ0) is 29.2. The van der Waals surface area contributed by atoms with Crippen LogP contribution in [0.1, 0.15) is 59.7 Å². The fourth-order valence-electron chi connectivity index (χ4n) is 6.82. The van der Waals surface area contributed by atoms with Gasteiger partial charge in [0.15, 0.2) is 0 Å². The zero-order valence-corrected chi connectivity index (χ0v) is 30.7. The summed E-state index contributed by atoms with van der Waals surface area (Å²) in [6, 6.07) is 32.5. The first-order valence-electron chi connectivity index (χ1n) is 15.8. The van der Waals surface area contributed by atoms with Crippen LogP contribution >= 0.6 is 0 Å². The third-order valence-corrected chi connectivity index (χ3v) is 17.9. The minimum Gasteiger partial charge on any atom is -1.00 e. The molecule has 44 heavy (non-hydrogen) atoms. The van der Waals surface area contributed by atoms with E-state index < -0.39 is 21.3 Å². The summed E-state index contributed by atoms with van der Waals surface area (Å²) in [5, 5.41) is 0. The van der Waals surface area contributed by atoms with E-state index in [0.717, 1.165) is 19.3 Å². The van der Waals surface area contributed by atoms with Crippen LogP contribution in [-0.4, -0.2) is 3.21 Å². The second-order valence-electron chi connectivity index (χ2n) is 13.0. The Labute approximate surface area is 285 Å². The average molecular weight is 699 g/mol. The molecule has 0 bridgehead atoms. The Morgan fingerprint density at radius 1 is 0.727 bits per heavy atom. The van der Waals surface area contributed by atoms with Gasteiger partial charge in [-0.05, 0) is 0 Å². The van der Waals surface area contributed by atoms with Crippen LogP contribution < -0.4 is 28.1 Å². The summed E-state index contributed by atoms with van der Waals surface area (Å²) in [4.78, 5) is 0. The van der Waals surface area contributed by atoms with Gasteiger partial charge in [0.2, 0.25) is 0 Å². The van der Waals surface area contributed by atoms with Crippen molar-refractivity contribution >= 4 is 6.48 Å². The summed E-state index contributed by atoms with van der Waals surface area (Å²) in [6.07, 6.45) is 14.1. The van der Waals surface area contributed by atoms with E-state index in [9.17, 15) is 0 Å². The largest absolute Gasteiger partial charge is 1.00 e. The predicted octanol–water partition coefficient (Wildman–Crippen LogP) is 3.53. The van der Waals surface area contributed by atoms with Crippen molar-refractivity contribution in [3.05, 3.63) is 148 Å². The fourth-order valence-corrected chi connectivity index (χ4v) is 15.8. The fraction of sp³-hybridized carbons (Fsp3) is 0.293. The number of benzene rings is 4. The first-order chi connectivity index (χ1) is 20.4. The molecular formula is C41H44Cl2Zr. The Bertz CT molecular complexity index is 1620. The van der Waals surface area contributed by atoms with Crippen molar-refractivity contribution < 1.29 is 46.1 Å². The van der Waals surface area contributed by atoms with Crippen LogP contribution in [0, 0.1) is 25.7 Å². The summed E-state index contributed by atoms with van der Waals surface area (Å²) >= 11 is -2.52. The molecule has 226 valence electrons. The Morgan fingerprint density at radius 2 is 1.30 bits per heavy atom. The smallest absolute Gasteiger partial charge is 1.00 e. The van der Waals surface area contributed by atoms with Crippen molar-refractivity contribution in [2.24, 2.45) is 11.8 Å². The minimum atomic E-state index is -2.52. The number of fused-ring (bicyclic) bond motifs is 3. The Balaban J connectivity index is 0.00000221. The molecule has 0 radical (unpaired) electrons. The van der Waals surface area contributed by atoms with Crippen LogP contribution in [-0.2, 0) is 47.0 Å². The van der Waals surface area contributed by atoms with Gasteiger partial charge < -0.3 is 24.8 Å². The topological polar surface area (TPSA) is 0 Å². The van der Waals surface area contributed by atoms with Gasteiger partial charge in [0.1, 0.15) is 0 Å². The Morgan fingerprint density at radius 3 is 1.86 bits per heavy atom. The second-order valence-corrected chi connectivity index (χ2v) is 19.6. The molecule has 0 aliphatic heterocycles. The molecule has 0 saturated carbocycles. The van der Waals surface area contributed by atoms with E-state index in [0.29, 0.717) is 15.5 Å². The van der Waals surface area contributed by atoms with Crippen molar-refractivity contribution in [2.75, 3.05) is 0 Å². The summed E-state index contributed by atoms with van der Waals surface area (Å²) in [5.74, 6) is 1.32. The van der Waals surface area contributed by atoms with Crippen molar-refractivity contribution in [3.8, 4) is 11.1 Å². The summed E-state index contributed by atoms with van der Waals surface area (Å²) < 4.78 is 4.17. The molecule has 1 atom stereocenters. The molecule has 2 aliphatic carbocycles. The molecule has 0 heterocycles. The maximum absolute atomic E-state index is 2.54. The van der Waals surface area contributed by atoms with Gasteiger partial charge in [0, 0.05) is 0 Å². The maximum atomic E-state index is 2.54. The predicted molar refractivity (Wildman–Crippen MR) is 179 cm³/mol. The first-order valence-corrected chi connectivity index (χ1v) is 19.7. The number of rotatable bonds is 9. The molecule has 0 N–H and O–H groups in total. The Kier molecular flexibility index (Phi) is 12.0. The summed E-state index contributed by atoms with van der Waals surface area (Å²) in [5.41, 5.74) is 13.5. The molecule has 0 nitrogen and oxygen atoms in total. The van der Waals surface area contributed by atoms with Crippen LogP contribution in [0.25, 0.3) is 11.1 Å². The van der Waals surface area contributed by atoms with Gasteiger partial charge >= 0.3 is 263 Å². The van der Waals surface area contributed by atoms with Crippen molar-refractivity contribution in [2.45, 2.75) is 63.9 Å². The van der Waals surface area contributed by atoms with Crippen LogP contribution in [0.2, 0.25) is 3.63 Å². The SMILES string of the molecule is Cc1cc2c(cc1C)-c1ccc(CC(C)C(C)C)[c]([Zr+2](=[C](Cc3ccccc3)Cc3ccccc3)[CH]3C=CC=C3)c1C2.[Cl-].[Cl-]. The molecule has 4 aromatic carbocycles. The van der Waals surface area contributed by atoms with Crippen LogP contribution in [0.4, 0.5) is 0 Å². The maximum Gasteiger partial charge on any atom is -1.00 e. The molecule has 0 aromatic heterocycles.